The van der Waals surface area contributed by atoms with E-state index in [-0.39, 0.29) is 30.2 Å². The second-order valence-electron chi connectivity index (χ2n) is 9.14. The lowest BCUT2D eigenvalue weighted by atomic mass is 10.00. The third kappa shape index (κ3) is 5.25. The van der Waals surface area contributed by atoms with Crippen LogP contribution in [0.25, 0.3) is 5.69 Å². The Morgan fingerprint density at radius 3 is 2.64 bits per heavy atom. The molecule has 198 valence electrons. The molecule has 2 atom stereocenters. The number of aryl methyl sites for hydroxylation is 1. The van der Waals surface area contributed by atoms with Gasteiger partial charge in [-0.15, -0.1) is 0 Å². The van der Waals surface area contributed by atoms with Gasteiger partial charge in [0.2, 0.25) is 5.91 Å². The number of anilines is 2. The van der Waals surface area contributed by atoms with E-state index < -0.39 is 5.97 Å². The zero-order chi connectivity index (χ0) is 27.5. The fourth-order valence-electron chi connectivity index (χ4n) is 4.85. The van der Waals surface area contributed by atoms with Gasteiger partial charge in [-0.1, -0.05) is 12.1 Å². The first kappa shape index (κ1) is 26.1. The summed E-state index contributed by atoms with van der Waals surface area (Å²) in [6.45, 7) is 1.89. The summed E-state index contributed by atoms with van der Waals surface area (Å²) in [5.41, 5.74) is 5.03. The van der Waals surface area contributed by atoms with E-state index in [2.05, 4.69) is 15.6 Å². The van der Waals surface area contributed by atoms with Crippen molar-refractivity contribution in [3.63, 3.8) is 0 Å². The lowest BCUT2D eigenvalue weighted by Gasteiger charge is -2.29. The van der Waals surface area contributed by atoms with Gasteiger partial charge in [-0.3, -0.25) is 9.78 Å². The van der Waals surface area contributed by atoms with Gasteiger partial charge in [0, 0.05) is 42.3 Å². The van der Waals surface area contributed by atoms with Crippen molar-refractivity contribution in [1.82, 2.24) is 14.9 Å². The lowest BCUT2D eigenvalue weighted by Crippen LogP contribution is -2.30. The molecule has 2 unspecified atom stereocenters. The van der Waals surface area contributed by atoms with Crippen LogP contribution in [0.2, 0.25) is 0 Å². The fraction of sp³-hybridized carbons (Fsp3) is 0.172. The number of benzene rings is 2. The third-order valence-electron chi connectivity index (χ3n) is 6.59. The maximum absolute atomic E-state index is 12.1. The van der Waals surface area contributed by atoms with Gasteiger partial charge < -0.3 is 29.9 Å². The quantitative estimate of drug-likeness (QED) is 0.277. The Hall–Kier alpha value is -4.54. The van der Waals surface area contributed by atoms with Crippen molar-refractivity contribution in [3.05, 3.63) is 108 Å². The van der Waals surface area contributed by atoms with E-state index in [1.54, 1.807) is 24.4 Å². The smallest absolute Gasteiger partial charge is 0.335 e. The maximum Gasteiger partial charge on any atom is 0.335 e. The molecule has 1 fully saturated rings. The highest BCUT2D eigenvalue weighted by atomic mass is 32.1. The van der Waals surface area contributed by atoms with Crippen molar-refractivity contribution < 1.29 is 19.4 Å². The molecule has 3 heterocycles. The molecule has 0 aliphatic carbocycles. The van der Waals surface area contributed by atoms with E-state index >= 15 is 0 Å². The Bertz CT molecular complexity index is 1540. The number of carbonyl (C=O) groups excluding carboxylic acids is 1. The molecule has 0 saturated carbocycles. The molecule has 1 aliphatic rings. The molecule has 9 nitrogen and oxygen atoms in total. The molecule has 39 heavy (non-hydrogen) atoms. The molecule has 3 N–H and O–H groups in total. The maximum atomic E-state index is 12.1. The second kappa shape index (κ2) is 11.1. The number of amides is 1. The van der Waals surface area contributed by atoms with Crippen LogP contribution in [0.15, 0.2) is 85.2 Å². The largest absolute Gasteiger partial charge is 0.478 e. The summed E-state index contributed by atoms with van der Waals surface area (Å²) < 4.78 is 6.90. The Morgan fingerprint density at radius 1 is 1.08 bits per heavy atom. The van der Waals surface area contributed by atoms with Crippen molar-refractivity contribution >= 4 is 40.6 Å². The number of ether oxygens (including phenoxy) is 1. The highest BCUT2D eigenvalue weighted by molar-refractivity contribution is 7.80. The minimum atomic E-state index is -0.990. The highest BCUT2D eigenvalue weighted by Crippen LogP contribution is 2.43. The van der Waals surface area contributed by atoms with E-state index in [1.807, 2.05) is 77.2 Å². The summed E-state index contributed by atoms with van der Waals surface area (Å²) in [5.74, 6) is -1.23. The molecular formula is C29H27N5O4S. The van der Waals surface area contributed by atoms with Gasteiger partial charge >= 0.3 is 5.97 Å². The van der Waals surface area contributed by atoms with Crippen LogP contribution in [-0.2, 0) is 9.53 Å². The number of nitrogens with zero attached hydrogens (tertiary/aromatic N) is 3. The molecule has 1 aliphatic heterocycles. The number of rotatable bonds is 8. The monoisotopic (exact) mass is 541 g/mol. The molecule has 0 bridgehead atoms. The third-order valence-corrected chi connectivity index (χ3v) is 6.90. The topological polar surface area (TPSA) is 109 Å². The first-order chi connectivity index (χ1) is 18.9. The minimum Gasteiger partial charge on any atom is -0.478 e. The molecular weight excluding hydrogens is 514 g/mol. The van der Waals surface area contributed by atoms with Crippen molar-refractivity contribution in [2.24, 2.45) is 0 Å². The average Bonchev–Trinajstić information content (AvgIpc) is 3.55. The predicted molar refractivity (Wildman–Crippen MR) is 152 cm³/mol. The number of aromatic carboxylic acids is 1. The standard InChI is InChI=1S/C29H27N5O4S/c1-18-15-21(11-12-22(18)31-25(35)17-38-2)34-27(26(32-29(34)39)23-9-3-4-13-30-23)24-10-6-14-33(24)20-8-5-7-19(16-20)28(36)37/h3-16,26-27H,17H2,1-2H3,(H,31,35)(H,32,39)(H,36,37). The SMILES string of the molecule is COCC(=O)Nc1ccc(N2C(=S)NC(c3ccccn3)C2c2cccn2-c2cccc(C(=O)O)c2)cc1C. The molecule has 0 spiro atoms. The number of pyridine rings is 1. The summed E-state index contributed by atoms with van der Waals surface area (Å²) >= 11 is 5.86. The fourth-order valence-corrected chi connectivity index (χ4v) is 5.19. The van der Waals surface area contributed by atoms with Crippen LogP contribution in [0.4, 0.5) is 11.4 Å². The van der Waals surface area contributed by atoms with Crippen LogP contribution < -0.4 is 15.5 Å². The summed E-state index contributed by atoms with van der Waals surface area (Å²) in [6.07, 6.45) is 3.65. The van der Waals surface area contributed by atoms with Gasteiger partial charge in [-0.05, 0) is 85.4 Å². The summed E-state index contributed by atoms with van der Waals surface area (Å²) in [5, 5.41) is 16.4. The van der Waals surface area contributed by atoms with E-state index in [4.69, 9.17) is 17.0 Å². The van der Waals surface area contributed by atoms with Gasteiger partial charge in [-0.2, -0.15) is 0 Å². The second-order valence-corrected chi connectivity index (χ2v) is 9.52. The van der Waals surface area contributed by atoms with Crippen LogP contribution in [0.1, 0.15) is 39.4 Å². The number of nitrogens with one attached hydrogen (secondary N) is 2. The van der Waals surface area contributed by atoms with Crippen LogP contribution in [0.5, 0.6) is 0 Å². The van der Waals surface area contributed by atoms with Crippen LogP contribution in [0, 0.1) is 6.92 Å². The van der Waals surface area contributed by atoms with Gasteiger partial charge in [0.25, 0.3) is 0 Å². The van der Waals surface area contributed by atoms with E-state index in [0.29, 0.717) is 10.8 Å². The van der Waals surface area contributed by atoms with Crippen molar-refractivity contribution in [3.8, 4) is 5.69 Å². The normalized spacial score (nSPS) is 16.7. The Balaban J connectivity index is 1.60. The number of thiocarbonyl (C=S) groups is 1. The molecule has 0 radical (unpaired) electrons. The van der Waals surface area contributed by atoms with Gasteiger partial charge in [-0.25, -0.2) is 4.79 Å². The van der Waals surface area contributed by atoms with Crippen molar-refractivity contribution in [2.75, 3.05) is 23.9 Å². The van der Waals surface area contributed by atoms with Crippen LogP contribution in [0.3, 0.4) is 0 Å². The number of carboxylic acid groups (broad SMARTS) is 1. The van der Waals surface area contributed by atoms with Gasteiger partial charge in [0.15, 0.2) is 5.11 Å². The molecule has 1 saturated heterocycles. The highest BCUT2D eigenvalue weighted by Gasteiger charge is 2.42. The molecule has 4 aromatic rings. The average molecular weight is 542 g/mol. The number of hydrogen-bond acceptors (Lipinski definition) is 5. The lowest BCUT2D eigenvalue weighted by molar-refractivity contribution is -0.119. The van der Waals surface area contributed by atoms with Gasteiger partial charge in [0.1, 0.15) is 12.6 Å². The molecule has 2 aromatic carbocycles. The first-order valence-corrected chi connectivity index (χ1v) is 12.7. The predicted octanol–water partition coefficient (Wildman–Crippen LogP) is 4.64. The Labute approximate surface area is 231 Å². The van der Waals surface area contributed by atoms with E-state index in [0.717, 1.165) is 28.3 Å². The number of carbonyl (C=O) groups is 2. The number of aromatic nitrogens is 2. The number of carboxylic acids is 1. The number of methoxy groups -OCH3 is 1. The van der Waals surface area contributed by atoms with Crippen LogP contribution in [-0.4, -0.2) is 45.4 Å². The van der Waals surface area contributed by atoms with Crippen molar-refractivity contribution in [2.45, 2.75) is 19.0 Å². The molecule has 1 amide bonds. The molecule has 10 heteroatoms. The number of hydrogen-bond donors (Lipinski definition) is 3. The molecule has 5 rings (SSSR count). The van der Waals surface area contributed by atoms with Crippen LogP contribution >= 0.6 is 12.2 Å². The molecule has 2 aromatic heterocycles. The summed E-state index contributed by atoms with van der Waals surface area (Å²) in [4.78, 5) is 30.4. The van der Waals surface area contributed by atoms with E-state index in [9.17, 15) is 14.7 Å². The first-order valence-electron chi connectivity index (χ1n) is 12.3. The summed E-state index contributed by atoms with van der Waals surface area (Å²) in [6, 6.07) is 21.6. The van der Waals surface area contributed by atoms with E-state index in [1.165, 1.54) is 7.11 Å². The van der Waals surface area contributed by atoms with Gasteiger partial charge in [0.05, 0.1) is 17.3 Å². The Morgan fingerprint density at radius 2 is 1.92 bits per heavy atom. The Kier molecular flexibility index (Phi) is 7.40. The van der Waals surface area contributed by atoms with Crippen molar-refractivity contribution in [1.29, 1.82) is 0 Å². The minimum absolute atomic E-state index is 0.0325. The zero-order valence-electron chi connectivity index (χ0n) is 21.4. The zero-order valence-corrected chi connectivity index (χ0v) is 22.2. The summed E-state index contributed by atoms with van der Waals surface area (Å²) in [7, 11) is 1.47.